The first kappa shape index (κ1) is 15.3. The van der Waals surface area contributed by atoms with Crippen LogP contribution in [0.2, 0.25) is 0 Å². The number of hydrogen-bond donors (Lipinski definition) is 0. The fourth-order valence-corrected chi connectivity index (χ4v) is 4.18. The Morgan fingerprint density at radius 2 is 2.23 bits per heavy atom. The number of carbonyl (C=O) groups is 1. The molecule has 3 rings (SSSR count). The Labute approximate surface area is 132 Å². The summed E-state index contributed by atoms with van der Waals surface area (Å²) in [5, 5.41) is 0. The average Bonchev–Trinajstić information content (AvgIpc) is 2.84. The average molecular weight is 302 g/mol. The van der Waals surface area contributed by atoms with Crippen molar-refractivity contribution < 1.29 is 4.79 Å². The first-order valence-electron chi connectivity index (χ1n) is 8.16. The van der Waals surface area contributed by atoms with Crippen LogP contribution in [0, 0.1) is 5.92 Å². The molecule has 3 atom stereocenters. The van der Waals surface area contributed by atoms with Gasteiger partial charge in [-0.2, -0.15) is 0 Å². The molecule has 5 nitrogen and oxygen atoms in total. The van der Waals surface area contributed by atoms with Crippen LogP contribution in [0.1, 0.15) is 19.8 Å². The number of hydrogen-bond acceptors (Lipinski definition) is 4. The second kappa shape index (κ2) is 6.24. The van der Waals surface area contributed by atoms with Crippen molar-refractivity contribution in [1.29, 1.82) is 0 Å². The van der Waals surface area contributed by atoms with Crippen LogP contribution in [0.3, 0.4) is 0 Å². The quantitative estimate of drug-likeness (QED) is 0.847. The van der Waals surface area contributed by atoms with Gasteiger partial charge < -0.3 is 14.7 Å². The number of carbonyl (C=O) groups excluding carboxylic acids is 1. The molecular formula is C17H26N4O. The summed E-state index contributed by atoms with van der Waals surface area (Å²) in [4.78, 5) is 23.3. The van der Waals surface area contributed by atoms with E-state index in [2.05, 4.69) is 39.8 Å². The number of likely N-dealkylation sites (N-methyl/N-ethyl adjacent to an activating group) is 1. The van der Waals surface area contributed by atoms with E-state index in [1.54, 1.807) is 6.92 Å². The summed E-state index contributed by atoms with van der Waals surface area (Å²) in [5.74, 6) is 1.85. The molecule has 120 valence electrons. The lowest BCUT2D eigenvalue weighted by Crippen LogP contribution is -2.49. The van der Waals surface area contributed by atoms with Crippen molar-refractivity contribution in [3.8, 4) is 0 Å². The minimum absolute atomic E-state index is 0.227. The maximum Gasteiger partial charge on any atom is 0.219 e. The zero-order valence-electron chi connectivity index (χ0n) is 13.8. The zero-order chi connectivity index (χ0) is 15.7. The van der Waals surface area contributed by atoms with Gasteiger partial charge in [-0.3, -0.25) is 4.79 Å². The fourth-order valence-electron chi connectivity index (χ4n) is 4.18. The number of likely N-dealkylation sites (tertiary alicyclic amines) is 1. The number of rotatable bonds is 3. The molecule has 0 N–H and O–H groups in total. The molecule has 5 heteroatoms. The van der Waals surface area contributed by atoms with Crippen molar-refractivity contribution in [2.45, 2.75) is 31.8 Å². The van der Waals surface area contributed by atoms with E-state index in [1.807, 2.05) is 18.3 Å². The molecule has 2 aliphatic heterocycles. The maximum atomic E-state index is 12.1. The third-order valence-corrected chi connectivity index (χ3v) is 4.93. The van der Waals surface area contributed by atoms with Crippen molar-refractivity contribution in [2.24, 2.45) is 5.92 Å². The lowest BCUT2D eigenvalue weighted by molar-refractivity contribution is -0.132. The molecule has 0 aromatic carbocycles. The maximum absolute atomic E-state index is 12.1. The summed E-state index contributed by atoms with van der Waals surface area (Å²) in [6.45, 7) is 4.67. The van der Waals surface area contributed by atoms with Crippen LogP contribution in [0.15, 0.2) is 24.4 Å². The van der Waals surface area contributed by atoms with E-state index in [4.69, 9.17) is 0 Å². The minimum atomic E-state index is 0.227. The highest BCUT2D eigenvalue weighted by Crippen LogP contribution is 2.36. The number of piperidine rings is 1. The monoisotopic (exact) mass is 302 g/mol. The van der Waals surface area contributed by atoms with Crippen LogP contribution < -0.4 is 4.90 Å². The van der Waals surface area contributed by atoms with Gasteiger partial charge >= 0.3 is 0 Å². The van der Waals surface area contributed by atoms with E-state index in [-0.39, 0.29) is 5.91 Å². The summed E-state index contributed by atoms with van der Waals surface area (Å²) >= 11 is 0. The first-order valence-corrected chi connectivity index (χ1v) is 8.16. The standard InChI is InChI=1S/C17H26N4O/c1-13(22)21-15(12-19(2)3)10-14-11-20(9-7-16(14)21)17-6-4-5-8-18-17/h4-6,8,14-16H,7,9-12H2,1-3H3/t14-,15+,16+/m1/s1. The van der Waals surface area contributed by atoms with E-state index in [9.17, 15) is 4.79 Å². The van der Waals surface area contributed by atoms with Gasteiger partial charge in [0.15, 0.2) is 0 Å². The minimum Gasteiger partial charge on any atom is -0.356 e. The molecule has 0 unspecified atom stereocenters. The van der Waals surface area contributed by atoms with Crippen LogP contribution in [0.25, 0.3) is 0 Å². The molecule has 2 fully saturated rings. The van der Waals surface area contributed by atoms with Gasteiger partial charge in [-0.25, -0.2) is 4.98 Å². The number of aromatic nitrogens is 1. The van der Waals surface area contributed by atoms with Crippen LogP contribution >= 0.6 is 0 Å². The van der Waals surface area contributed by atoms with E-state index < -0.39 is 0 Å². The third-order valence-electron chi connectivity index (χ3n) is 4.93. The number of nitrogens with zero attached hydrogens (tertiary/aromatic N) is 4. The van der Waals surface area contributed by atoms with Crippen LogP contribution in [-0.2, 0) is 4.79 Å². The molecule has 0 aliphatic carbocycles. The van der Waals surface area contributed by atoms with Gasteiger partial charge in [0.05, 0.1) is 0 Å². The Hall–Kier alpha value is -1.62. The van der Waals surface area contributed by atoms with Crippen molar-refractivity contribution in [1.82, 2.24) is 14.8 Å². The second-order valence-electron chi connectivity index (χ2n) is 6.83. The van der Waals surface area contributed by atoms with Gasteiger partial charge in [-0.15, -0.1) is 0 Å². The Balaban J connectivity index is 1.74. The summed E-state index contributed by atoms with van der Waals surface area (Å²) < 4.78 is 0. The highest BCUT2D eigenvalue weighted by atomic mass is 16.2. The Morgan fingerprint density at radius 1 is 1.41 bits per heavy atom. The topological polar surface area (TPSA) is 39.7 Å². The highest BCUT2D eigenvalue weighted by molar-refractivity contribution is 5.74. The van der Waals surface area contributed by atoms with Gasteiger partial charge in [0.2, 0.25) is 5.91 Å². The second-order valence-corrected chi connectivity index (χ2v) is 6.83. The molecule has 22 heavy (non-hydrogen) atoms. The summed E-state index contributed by atoms with van der Waals surface area (Å²) in [5.41, 5.74) is 0. The van der Waals surface area contributed by atoms with E-state index in [1.165, 1.54) is 0 Å². The van der Waals surface area contributed by atoms with E-state index in [0.29, 0.717) is 18.0 Å². The van der Waals surface area contributed by atoms with Gasteiger partial charge in [0, 0.05) is 44.8 Å². The molecule has 1 aromatic rings. The van der Waals surface area contributed by atoms with Crippen LogP contribution in [0.4, 0.5) is 5.82 Å². The molecule has 2 saturated heterocycles. The number of pyridine rings is 1. The number of anilines is 1. The molecule has 2 aliphatic rings. The summed E-state index contributed by atoms with van der Waals surface area (Å²) in [7, 11) is 4.17. The molecule has 1 amide bonds. The summed E-state index contributed by atoms with van der Waals surface area (Å²) in [6.07, 6.45) is 4.00. The SMILES string of the molecule is CC(=O)N1[C@H](CN(C)C)C[C@@H]2CN(c3ccccn3)CC[C@@H]21. The predicted molar refractivity (Wildman–Crippen MR) is 87.8 cm³/mol. The van der Waals surface area contributed by atoms with Crippen molar-refractivity contribution in [3.63, 3.8) is 0 Å². The molecular weight excluding hydrogens is 276 g/mol. The molecule has 0 radical (unpaired) electrons. The van der Waals surface area contributed by atoms with Crippen molar-refractivity contribution >= 4 is 11.7 Å². The molecule has 0 bridgehead atoms. The van der Waals surface area contributed by atoms with Gasteiger partial charge in [0.25, 0.3) is 0 Å². The number of fused-ring (bicyclic) bond motifs is 1. The predicted octanol–water partition coefficient (Wildman–Crippen LogP) is 1.46. The molecule has 0 saturated carbocycles. The Morgan fingerprint density at radius 3 is 2.86 bits per heavy atom. The molecule has 0 spiro atoms. The van der Waals surface area contributed by atoms with Crippen LogP contribution in [0.5, 0.6) is 0 Å². The van der Waals surface area contributed by atoms with Crippen LogP contribution in [-0.4, -0.2) is 66.5 Å². The third kappa shape index (κ3) is 2.95. The van der Waals surface area contributed by atoms with E-state index in [0.717, 1.165) is 38.3 Å². The highest BCUT2D eigenvalue weighted by Gasteiger charge is 2.45. The van der Waals surface area contributed by atoms with E-state index >= 15 is 0 Å². The molecule has 3 heterocycles. The molecule has 1 aromatic heterocycles. The summed E-state index contributed by atoms with van der Waals surface area (Å²) in [6, 6.07) is 6.83. The van der Waals surface area contributed by atoms with Crippen molar-refractivity contribution in [2.75, 3.05) is 38.6 Å². The van der Waals surface area contributed by atoms with Gasteiger partial charge in [-0.05, 0) is 45.0 Å². The largest absolute Gasteiger partial charge is 0.356 e. The Kier molecular flexibility index (Phi) is 4.34. The zero-order valence-corrected chi connectivity index (χ0v) is 13.8. The first-order chi connectivity index (χ1) is 10.6. The number of amides is 1. The lowest BCUT2D eigenvalue weighted by Gasteiger charge is -2.39. The van der Waals surface area contributed by atoms with Gasteiger partial charge in [0.1, 0.15) is 5.82 Å². The fraction of sp³-hybridized carbons (Fsp3) is 0.647. The van der Waals surface area contributed by atoms with Crippen molar-refractivity contribution in [3.05, 3.63) is 24.4 Å². The van der Waals surface area contributed by atoms with Gasteiger partial charge in [-0.1, -0.05) is 6.07 Å². The lowest BCUT2D eigenvalue weighted by atomic mass is 9.92. The normalized spacial score (nSPS) is 28.1. The smallest absolute Gasteiger partial charge is 0.219 e. The Bertz CT molecular complexity index is 519.